The summed E-state index contributed by atoms with van der Waals surface area (Å²) in [7, 11) is 0. The van der Waals surface area contributed by atoms with Crippen LogP contribution in [-0.4, -0.2) is 35.3 Å². The van der Waals surface area contributed by atoms with Crippen molar-refractivity contribution in [2.75, 3.05) is 13.1 Å². The first-order chi connectivity index (χ1) is 8.43. The number of nitrogens with one attached hydrogen (secondary N) is 1. The fourth-order valence-corrected chi connectivity index (χ4v) is 1.39. The van der Waals surface area contributed by atoms with Gasteiger partial charge in [-0.25, -0.2) is 8.78 Å². The van der Waals surface area contributed by atoms with Crippen molar-refractivity contribution in [1.82, 2.24) is 5.32 Å². The molecule has 0 aliphatic rings. The zero-order valence-corrected chi connectivity index (χ0v) is 9.44. The smallest absolute Gasteiger partial charge is 0.247 e. The summed E-state index contributed by atoms with van der Waals surface area (Å²) in [6.07, 6.45) is -2.84. The lowest BCUT2D eigenvalue weighted by molar-refractivity contribution is -0.125. The van der Waals surface area contributed by atoms with Crippen molar-refractivity contribution in [2.45, 2.75) is 12.2 Å². The van der Waals surface area contributed by atoms with Gasteiger partial charge < -0.3 is 21.3 Å². The Balaban J connectivity index is 2.56. The Morgan fingerprint density at radius 2 is 1.83 bits per heavy atom. The average molecular weight is 260 g/mol. The maximum atomic E-state index is 13.3. The molecule has 0 radical (unpaired) electrons. The Labute approximate surface area is 102 Å². The van der Waals surface area contributed by atoms with E-state index in [0.29, 0.717) is 0 Å². The molecule has 1 aromatic carbocycles. The van der Waals surface area contributed by atoms with Crippen molar-refractivity contribution in [1.29, 1.82) is 0 Å². The van der Waals surface area contributed by atoms with E-state index in [1.54, 1.807) is 0 Å². The van der Waals surface area contributed by atoms with E-state index in [9.17, 15) is 18.7 Å². The molecule has 2 unspecified atom stereocenters. The summed E-state index contributed by atoms with van der Waals surface area (Å²) in [4.78, 5) is 10.5. The van der Waals surface area contributed by atoms with Crippen LogP contribution in [0.3, 0.4) is 0 Å². The summed E-state index contributed by atoms with van der Waals surface area (Å²) >= 11 is 0. The number of aliphatic hydroxyl groups excluding tert-OH is 2. The highest BCUT2D eigenvalue weighted by molar-refractivity contribution is 5.78. The summed E-state index contributed by atoms with van der Waals surface area (Å²) < 4.78 is 26.5. The monoisotopic (exact) mass is 260 g/mol. The van der Waals surface area contributed by atoms with Crippen LogP contribution in [0.15, 0.2) is 18.2 Å². The number of primary amides is 1. The van der Waals surface area contributed by atoms with Gasteiger partial charge in [0.1, 0.15) is 17.7 Å². The quantitative estimate of drug-likeness (QED) is 0.551. The van der Waals surface area contributed by atoms with E-state index in [1.807, 2.05) is 0 Å². The summed E-state index contributed by atoms with van der Waals surface area (Å²) in [6.45, 7) is -0.426. The van der Waals surface area contributed by atoms with Crippen molar-refractivity contribution < 1.29 is 23.8 Å². The highest BCUT2D eigenvalue weighted by Gasteiger charge is 2.18. The molecule has 0 saturated carbocycles. The molecule has 1 amide bonds. The first-order valence-electron chi connectivity index (χ1n) is 5.23. The molecule has 100 valence electrons. The van der Waals surface area contributed by atoms with Crippen LogP contribution in [0.5, 0.6) is 0 Å². The van der Waals surface area contributed by atoms with Gasteiger partial charge in [0.25, 0.3) is 0 Å². The molecular formula is C11H14F2N2O3. The fraction of sp³-hybridized carbons (Fsp3) is 0.364. The molecule has 0 fully saturated rings. The molecule has 0 saturated heterocycles. The maximum absolute atomic E-state index is 13.3. The van der Waals surface area contributed by atoms with Gasteiger partial charge in [0.15, 0.2) is 0 Å². The summed E-state index contributed by atoms with van der Waals surface area (Å²) in [5, 5.41) is 21.1. The van der Waals surface area contributed by atoms with Crippen molar-refractivity contribution in [3.05, 3.63) is 35.4 Å². The number of carbonyl (C=O) groups is 1. The van der Waals surface area contributed by atoms with E-state index in [1.165, 1.54) is 6.07 Å². The largest absolute Gasteiger partial charge is 0.387 e. The van der Waals surface area contributed by atoms with Crippen molar-refractivity contribution in [2.24, 2.45) is 5.73 Å². The molecule has 0 bridgehead atoms. The number of benzene rings is 1. The average Bonchev–Trinajstić information content (AvgIpc) is 2.28. The second kappa shape index (κ2) is 6.39. The van der Waals surface area contributed by atoms with Gasteiger partial charge in [-0.1, -0.05) is 6.07 Å². The van der Waals surface area contributed by atoms with Gasteiger partial charge in [-0.15, -0.1) is 0 Å². The number of amides is 1. The minimum absolute atomic E-state index is 0.206. The summed E-state index contributed by atoms with van der Waals surface area (Å²) in [5.74, 6) is -2.64. The molecule has 1 rings (SSSR count). The van der Waals surface area contributed by atoms with Gasteiger partial charge in [0.05, 0.1) is 11.7 Å². The Bertz CT molecular complexity index is 408. The van der Waals surface area contributed by atoms with E-state index in [-0.39, 0.29) is 13.1 Å². The van der Waals surface area contributed by atoms with Gasteiger partial charge in [-0.2, -0.15) is 0 Å². The lowest BCUT2D eigenvalue weighted by atomic mass is 10.1. The minimum atomic E-state index is -1.42. The molecule has 0 aliphatic heterocycles. The van der Waals surface area contributed by atoms with E-state index in [0.717, 1.165) is 12.1 Å². The normalized spacial score (nSPS) is 14.2. The molecule has 0 heterocycles. The predicted octanol–water partition coefficient (Wildman–Crippen LogP) is -0.566. The van der Waals surface area contributed by atoms with Crippen LogP contribution in [0.4, 0.5) is 8.78 Å². The Hall–Kier alpha value is -1.57. The number of hydrogen-bond acceptors (Lipinski definition) is 4. The third-order valence-electron chi connectivity index (χ3n) is 2.34. The van der Waals surface area contributed by atoms with Gasteiger partial charge >= 0.3 is 0 Å². The molecule has 2 atom stereocenters. The highest BCUT2D eigenvalue weighted by Crippen LogP contribution is 2.19. The molecule has 5 N–H and O–H groups in total. The van der Waals surface area contributed by atoms with Gasteiger partial charge in [0, 0.05) is 13.1 Å². The van der Waals surface area contributed by atoms with Crippen LogP contribution in [0.25, 0.3) is 0 Å². The molecule has 0 spiro atoms. The third-order valence-corrected chi connectivity index (χ3v) is 2.34. The summed E-state index contributed by atoms with van der Waals surface area (Å²) in [5.41, 5.74) is 4.34. The van der Waals surface area contributed by atoms with Crippen LogP contribution in [0, 0.1) is 11.6 Å². The molecule has 0 aliphatic carbocycles. The number of nitrogens with two attached hydrogens (primary N) is 1. The van der Waals surface area contributed by atoms with Crippen molar-refractivity contribution in [3.8, 4) is 0 Å². The molecule has 7 heteroatoms. The lowest BCUT2D eigenvalue weighted by Gasteiger charge is -2.14. The standard InChI is InChI=1S/C11H14F2N2O3/c12-6-2-1-3-7(13)10(6)8(16)4-15-5-9(17)11(14)18/h1-3,8-9,15-17H,4-5H2,(H2,14,18). The SMILES string of the molecule is NC(=O)C(O)CNCC(O)c1c(F)cccc1F. The Morgan fingerprint density at radius 3 is 2.33 bits per heavy atom. The Morgan fingerprint density at radius 1 is 1.28 bits per heavy atom. The zero-order valence-electron chi connectivity index (χ0n) is 9.44. The lowest BCUT2D eigenvalue weighted by Crippen LogP contribution is -2.39. The first-order valence-corrected chi connectivity index (χ1v) is 5.23. The molecular weight excluding hydrogens is 246 g/mol. The van der Waals surface area contributed by atoms with Crippen LogP contribution in [0.1, 0.15) is 11.7 Å². The number of rotatable bonds is 6. The van der Waals surface area contributed by atoms with E-state index < -0.39 is 35.3 Å². The van der Waals surface area contributed by atoms with E-state index in [4.69, 9.17) is 10.8 Å². The molecule has 0 aromatic heterocycles. The molecule has 18 heavy (non-hydrogen) atoms. The van der Waals surface area contributed by atoms with E-state index in [2.05, 4.69) is 5.32 Å². The van der Waals surface area contributed by atoms with Crippen LogP contribution >= 0.6 is 0 Å². The number of hydrogen-bond donors (Lipinski definition) is 4. The zero-order chi connectivity index (χ0) is 13.7. The fourth-order valence-electron chi connectivity index (χ4n) is 1.39. The number of carbonyl (C=O) groups excluding carboxylic acids is 1. The molecule has 5 nitrogen and oxygen atoms in total. The van der Waals surface area contributed by atoms with Crippen LogP contribution < -0.4 is 11.1 Å². The van der Waals surface area contributed by atoms with Crippen molar-refractivity contribution >= 4 is 5.91 Å². The maximum Gasteiger partial charge on any atom is 0.247 e. The second-order valence-corrected chi connectivity index (χ2v) is 3.73. The minimum Gasteiger partial charge on any atom is -0.387 e. The van der Waals surface area contributed by atoms with Gasteiger partial charge in [-0.05, 0) is 12.1 Å². The van der Waals surface area contributed by atoms with Crippen LogP contribution in [-0.2, 0) is 4.79 Å². The Kier molecular flexibility index (Phi) is 5.14. The van der Waals surface area contributed by atoms with E-state index >= 15 is 0 Å². The van der Waals surface area contributed by atoms with Gasteiger partial charge in [0.2, 0.25) is 5.91 Å². The van der Waals surface area contributed by atoms with Crippen LogP contribution in [0.2, 0.25) is 0 Å². The highest BCUT2D eigenvalue weighted by atomic mass is 19.1. The second-order valence-electron chi connectivity index (χ2n) is 3.73. The van der Waals surface area contributed by atoms with Gasteiger partial charge in [-0.3, -0.25) is 4.79 Å². The third kappa shape index (κ3) is 3.73. The first kappa shape index (κ1) is 14.5. The molecule has 1 aromatic rings. The number of aliphatic hydroxyl groups is 2. The topological polar surface area (TPSA) is 95.6 Å². The number of halogens is 2. The van der Waals surface area contributed by atoms with Crippen molar-refractivity contribution in [3.63, 3.8) is 0 Å². The summed E-state index contributed by atoms with van der Waals surface area (Å²) in [6, 6.07) is 3.24. The predicted molar refractivity (Wildman–Crippen MR) is 59.4 cm³/mol.